The Morgan fingerprint density at radius 1 is 1.11 bits per heavy atom. The van der Waals surface area contributed by atoms with Gasteiger partial charge in [-0.2, -0.15) is 0 Å². The van der Waals surface area contributed by atoms with Gasteiger partial charge in [-0.3, -0.25) is 14.8 Å². The Bertz CT molecular complexity index is 1370. The third-order valence-electron chi connectivity index (χ3n) is 4.89. The fourth-order valence-electron chi connectivity index (χ4n) is 2.92. The highest BCUT2D eigenvalue weighted by Gasteiger charge is 2.16. The molecule has 0 aliphatic heterocycles. The third-order valence-corrected chi connectivity index (χ3v) is 7.08. The summed E-state index contributed by atoms with van der Waals surface area (Å²) in [4.78, 5) is 20.3. The molecule has 0 aliphatic carbocycles. The summed E-state index contributed by atoms with van der Waals surface area (Å²) in [6.07, 6.45) is 2.11. The zero-order chi connectivity index (χ0) is 27.0. The Morgan fingerprint density at radius 2 is 1.84 bits per heavy atom. The average Bonchev–Trinajstić information content (AvgIpc) is 2.85. The van der Waals surface area contributed by atoms with Crippen molar-refractivity contribution < 1.29 is 22.7 Å². The number of ether oxygens (including phenoxy) is 2. The molecule has 10 nitrogen and oxygen atoms in total. The van der Waals surface area contributed by atoms with E-state index in [-0.39, 0.29) is 21.7 Å². The topological polar surface area (TPSA) is 132 Å². The van der Waals surface area contributed by atoms with Crippen LogP contribution in [0.15, 0.2) is 64.2 Å². The predicted octanol–water partition coefficient (Wildman–Crippen LogP) is 4.60. The quantitative estimate of drug-likeness (QED) is 0.283. The van der Waals surface area contributed by atoms with Crippen LogP contribution in [0.2, 0.25) is 0 Å². The number of halogens is 1. The first kappa shape index (κ1) is 28.3. The van der Waals surface area contributed by atoms with Gasteiger partial charge in [0.1, 0.15) is 17.9 Å². The third kappa shape index (κ3) is 8.37. The molecule has 0 fully saturated rings. The van der Waals surface area contributed by atoms with Crippen molar-refractivity contribution in [3.8, 4) is 11.6 Å². The second-order valence-corrected chi connectivity index (χ2v) is 11.1. The van der Waals surface area contributed by atoms with E-state index in [9.17, 15) is 13.2 Å². The number of thiocarbonyl (C=S) groups is 1. The number of carbonyl (C=O) groups excluding carboxylic acids is 1. The Morgan fingerprint density at radius 3 is 2.49 bits per heavy atom. The van der Waals surface area contributed by atoms with Gasteiger partial charge in [0.15, 0.2) is 5.11 Å². The summed E-state index contributed by atoms with van der Waals surface area (Å²) in [5, 5.41) is 5.52. The van der Waals surface area contributed by atoms with Gasteiger partial charge in [-0.15, -0.1) is 0 Å². The highest BCUT2D eigenvalue weighted by Crippen LogP contribution is 2.26. The number of hydrogen-bond acceptors (Lipinski definition) is 8. The number of carbonyl (C=O) groups is 1. The lowest BCUT2D eigenvalue weighted by Crippen LogP contribution is -2.34. The molecular formula is C24H26BrN5O5S2. The SMILES string of the molecule is COc1cc(NS(=O)(=O)c2ccc(NC(=S)NC(=O)c3ccc(OCCC(C)C)c(Br)c3)cc2)ncn1. The monoisotopic (exact) mass is 607 g/mol. The summed E-state index contributed by atoms with van der Waals surface area (Å²) in [7, 11) is -2.48. The largest absolute Gasteiger partial charge is 0.492 e. The maximum Gasteiger partial charge on any atom is 0.263 e. The second kappa shape index (κ2) is 12.8. The van der Waals surface area contributed by atoms with Gasteiger partial charge in [-0.25, -0.2) is 18.4 Å². The zero-order valence-corrected chi connectivity index (χ0v) is 23.5. The Hall–Kier alpha value is -3.29. The number of sulfonamides is 1. The van der Waals surface area contributed by atoms with Crippen molar-refractivity contribution in [3.05, 3.63) is 64.9 Å². The van der Waals surface area contributed by atoms with Crippen molar-refractivity contribution in [2.45, 2.75) is 25.2 Å². The van der Waals surface area contributed by atoms with Gasteiger partial charge in [0.25, 0.3) is 15.9 Å². The molecule has 1 heterocycles. The molecule has 0 saturated heterocycles. The molecule has 0 saturated carbocycles. The summed E-state index contributed by atoms with van der Waals surface area (Å²) >= 11 is 8.67. The smallest absolute Gasteiger partial charge is 0.263 e. The van der Waals surface area contributed by atoms with Gasteiger partial charge in [-0.05, 0) is 83.0 Å². The molecule has 2 aromatic carbocycles. The molecule has 37 heavy (non-hydrogen) atoms. The first-order chi connectivity index (χ1) is 17.6. The van der Waals surface area contributed by atoms with Crippen LogP contribution in [-0.4, -0.2) is 43.1 Å². The van der Waals surface area contributed by atoms with Crippen molar-refractivity contribution in [2.24, 2.45) is 5.92 Å². The molecule has 0 spiro atoms. The lowest BCUT2D eigenvalue weighted by Gasteiger charge is -2.13. The number of methoxy groups -OCH3 is 1. The molecule has 0 atom stereocenters. The molecule has 0 unspecified atom stereocenters. The number of anilines is 2. The van der Waals surface area contributed by atoms with Gasteiger partial charge < -0.3 is 14.8 Å². The maximum absolute atomic E-state index is 12.6. The van der Waals surface area contributed by atoms with Crippen LogP contribution >= 0.6 is 28.1 Å². The van der Waals surface area contributed by atoms with E-state index in [0.717, 1.165) is 6.42 Å². The van der Waals surface area contributed by atoms with Crippen LogP contribution in [0.5, 0.6) is 11.6 Å². The Labute approximate surface area is 229 Å². The predicted molar refractivity (Wildman–Crippen MR) is 149 cm³/mol. The molecule has 1 amide bonds. The van der Waals surface area contributed by atoms with E-state index in [1.54, 1.807) is 18.2 Å². The minimum Gasteiger partial charge on any atom is -0.492 e. The highest BCUT2D eigenvalue weighted by atomic mass is 79.9. The van der Waals surface area contributed by atoms with Crippen LogP contribution in [0, 0.1) is 5.92 Å². The lowest BCUT2D eigenvalue weighted by atomic mass is 10.1. The molecule has 196 valence electrons. The van der Waals surface area contributed by atoms with Crippen molar-refractivity contribution in [3.63, 3.8) is 0 Å². The van der Waals surface area contributed by atoms with E-state index >= 15 is 0 Å². The molecule has 0 radical (unpaired) electrons. The fourth-order valence-corrected chi connectivity index (χ4v) is 4.63. The average molecular weight is 609 g/mol. The molecule has 13 heteroatoms. The standard InChI is InChI=1S/C24H26BrN5O5S2/c1-15(2)10-11-35-20-9-4-16(12-19(20)25)23(31)29-24(36)28-17-5-7-18(8-6-17)37(32,33)30-21-13-22(34-3)27-14-26-21/h4-9,12-15H,10-11H2,1-3H3,(H,26,27,30)(H2,28,29,31,36). The van der Waals surface area contributed by atoms with Crippen LogP contribution in [0.3, 0.4) is 0 Å². The van der Waals surface area contributed by atoms with E-state index in [0.29, 0.717) is 34.0 Å². The van der Waals surface area contributed by atoms with Gasteiger partial charge in [0.05, 0.1) is 23.1 Å². The van der Waals surface area contributed by atoms with Gasteiger partial charge in [0.2, 0.25) is 5.88 Å². The molecule has 0 bridgehead atoms. The van der Waals surface area contributed by atoms with Crippen molar-refractivity contribution in [2.75, 3.05) is 23.8 Å². The van der Waals surface area contributed by atoms with Crippen molar-refractivity contribution in [1.29, 1.82) is 0 Å². The minimum atomic E-state index is -3.90. The Balaban J connectivity index is 1.57. The van der Waals surface area contributed by atoms with E-state index in [2.05, 4.69) is 55.1 Å². The minimum absolute atomic E-state index is 0.00568. The summed E-state index contributed by atoms with van der Waals surface area (Å²) in [6, 6.07) is 12.2. The van der Waals surface area contributed by atoms with Crippen LogP contribution in [0.1, 0.15) is 30.6 Å². The normalized spacial score (nSPS) is 11.1. The molecule has 0 aliphatic rings. The van der Waals surface area contributed by atoms with Crippen LogP contribution in [0.25, 0.3) is 0 Å². The molecule has 1 aromatic heterocycles. The summed E-state index contributed by atoms with van der Waals surface area (Å²) < 4.78 is 39.0. The summed E-state index contributed by atoms with van der Waals surface area (Å²) in [5.74, 6) is 1.07. The number of hydrogen-bond donors (Lipinski definition) is 3. The molecule has 3 aromatic rings. The van der Waals surface area contributed by atoms with Crippen LogP contribution in [-0.2, 0) is 10.0 Å². The number of amides is 1. The van der Waals surface area contributed by atoms with Crippen LogP contribution in [0.4, 0.5) is 11.5 Å². The number of nitrogens with one attached hydrogen (secondary N) is 3. The van der Waals surface area contributed by atoms with Gasteiger partial charge >= 0.3 is 0 Å². The summed E-state index contributed by atoms with van der Waals surface area (Å²) in [6.45, 7) is 4.83. The number of aromatic nitrogens is 2. The molecule has 3 rings (SSSR count). The zero-order valence-electron chi connectivity index (χ0n) is 20.3. The number of rotatable bonds is 10. The van der Waals surface area contributed by atoms with Crippen molar-refractivity contribution in [1.82, 2.24) is 15.3 Å². The molecular weight excluding hydrogens is 582 g/mol. The first-order valence-corrected chi connectivity index (χ1v) is 13.8. The fraction of sp³-hybridized carbons (Fsp3) is 0.250. The van der Waals surface area contributed by atoms with E-state index in [1.807, 2.05) is 0 Å². The van der Waals surface area contributed by atoms with Crippen LogP contribution < -0.4 is 24.8 Å². The number of benzene rings is 2. The highest BCUT2D eigenvalue weighted by molar-refractivity contribution is 9.10. The number of nitrogens with zero attached hydrogens (tertiary/aromatic N) is 2. The van der Waals surface area contributed by atoms with E-state index in [4.69, 9.17) is 21.7 Å². The van der Waals surface area contributed by atoms with E-state index < -0.39 is 15.9 Å². The van der Waals surface area contributed by atoms with Gasteiger partial charge in [-0.1, -0.05) is 13.8 Å². The van der Waals surface area contributed by atoms with Gasteiger partial charge in [0, 0.05) is 17.3 Å². The van der Waals surface area contributed by atoms with Crippen molar-refractivity contribution >= 4 is 60.7 Å². The maximum atomic E-state index is 12.6. The first-order valence-electron chi connectivity index (χ1n) is 11.1. The Kier molecular flexibility index (Phi) is 9.78. The molecule has 3 N–H and O–H groups in total. The lowest BCUT2D eigenvalue weighted by molar-refractivity contribution is 0.0977. The second-order valence-electron chi connectivity index (χ2n) is 8.16. The van der Waals surface area contributed by atoms with E-state index in [1.165, 1.54) is 43.8 Å². The summed E-state index contributed by atoms with van der Waals surface area (Å²) in [5.41, 5.74) is 0.879.